The largest absolute Gasteiger partial charge is 0.495 e. The van der Waals surface area contributed by atoms with Crippen molar-refractivity contribution >= 4 is 34.9 Å². The Morgan fingerprint density at radius 3 is 1.48 bits per heavy atom. The summed E-state index contributed by atoms with van der Waals surface area (Å²) < 4.78 is 21.8. The quantitative estimate of drug-likeness (QED) is 0.0985. The molecule has 0 aliphatic heterocycles. The second-order valence-corrected chi connectivity index (χ2v) is 9.92. The summed E-state index contributed by atoms with van der Waals surface area (Å²) in [7, 11) is 2.95. The van der Waals surface area contributed by atoms with Crippen molar-refractivity contribution in [2.45, 2.75) is 39.5 Å². The van der Waals surface area contributed by atoms with Crippen LogP contribution in [0.15, 0.2) is 36.7 Å². The fraction of sp³-hybridized carbons (Fsp3) is 0.286. The molecular weight excluding hydrogens is 572 g/mol. The molecule has 16 heteroatoms. The number of nitro benzene ring substituents is 1. The van der Waals surface area contributed by atoms with Crippen LogP contribution in [-0.4, -0.2) is 39.1 Å². The van der Waals surface area contributed by atoms with Gasteiger partial charge in [0.15, 0.2) is 28.9 Å². The first-order valence-corrected chi connectivity index (χ1v) is 13.2. The average molecular weight is 609 g/mol. The highest BCUT2D eigenvalue weighted by molar-refractivity contribution is 5.62. The molecule has 4 aromatic rings. The number of anilines is 5. The third-order valence-corrected chi connectivity index (χ3v) is 6.16. The van der Waals surface area contributed by atoms with E-state index in [1.165, 1.54) is 25.6 Å². The van der Waals surface area contributed by atoms with Crippen LogP contribution in [0.25, 0.3) is 0 Å². The second-order valence-electron chi connectivity index (χ2n) is 9.92. The van der Waals surface area contributed by atoms with Gasteiger partial charge in [-0.1, -0.05) is 27.7 Å². The molecule has 0 unspecified atom stereocenters. The maximum atomic E-state index is 11.2. The first-order chi connectivity index (χ1) is 20.7. The standard InChI is InChI=1S/C14H17N5O4.C14H19N5O2/c1-7(2)8-4-11(22-3)9(19(20)21)5-10(8)23-12-6-17-14(16)18-13(12)15;1-7(2)8-4-11(20-3)9(15)5-10(8)21-12-6-18-14(17)19-13(12)16/h4-7H,1-3H3,(H4,15,16,17,18);4-7H,15H2,1-3H3,(H4,16,17,18,19). The van der Waals surface area contributed by atoms with Crippen molar-refractivity contribution in [1.82, 2.24) is 19.9 Å². The van der Waals surface area contributed by atoms with Gasteiger partial charge in [0.2, 0.25) is 11.9 Å². The third-order valence-electron chi connectivity index (χ3n) is 6.16. The number of hydrogen-bond donors (Lipinski definition) is 5. The summed E-state index contributed by atoms with van der Waals surface area (Å²) in [5.74, 6) is 2.71. The van der Waals surface area contributed by atoms with Crippen LogP contribution in [0.5, 0.6) is 34.5 Å². The molecule has 44 heavy (non-hydrogen) atoms. The molecule has 0 fully saturated rings. The second kappa shape index (κ2) is 13.9. The SMILES string of the molecule is COc1cc(C(C)C)c(Oc2cnc(N)nc2N)cc1N.COc1cc(C(C)C)c(Oc2cnc(N)nc2N)cc1[N+](=O)[O-]. The Bertz CT molecular complexity index is 1650. The summed E-state index contributed by atoms with van der Waals surface area (Å²) in [5.41, 5.74) is 30.3. The third kappa shape index (κ3) is 7.72. The van der Waals surface area contributed by atoms with Crippen LogP contribution in [-0.2, 0) is 0 Å². The molecule has 16 nitrogen and oxygen atoms in total. The zero-order valence-electron chi connectivity index (χ0n) is 25.2. The van der Waals surface area contributed by atoms with E-state index >= 15 is 0 Å². The Morgan fingerprint density at radius 1 is 0.659 bits per heavy atom. The van der Waals surface area contributed by atoms with Gasteiger partial charge in [-0.2, -0.15) is 9.97 Å². The van der Waals surface area contributed by atoms with Crippen molar-refractivity contribution in [3.63, 3.8) is 0 Å². The number of rotatable bonds is 9. The number of benzene rings is 2. The summed E-state index contributed by atoms with van der Waals surface area (Å²) in [5, 5.41) is 11.2. The van der Waals surface area contributed by atoms with Gasteiger partial charge >= 0.3 is 5.69 Å². The van der Waals surface area contributed by atoms with Gasteiger partial charge in [-0.25, -0.2) is 9.97 Å². The van der Waals surface area contributed by atoms with Crippen LogP contribution in [0.4, 0.5) is 34.9 Å². The molecule has 0 atom stereocenters. The maximum absolute atomic E-state index is 11.2. The highest BCUT2D eigenvalue weighted by Gasteiger charge is 2.22. The van der Waals surface area contributed by atoms with Crippen molar-refractivity contribution in [3.8, 4) is 34.5 Å². The number of nitrogens with zero attached hydrogens (tertiary/aromatic N) is 5. The lowest BCUT2D eigenvalue weighted by molar-refractivity contribution is -0.385. The van der Waals surface area contributed by atoms with Gasteiger partial charge in [0.25, 0.3) is 0 Å². The fourth-order valence-corrected chi connectivity index (χ4v) is 3.91. The van der Waals surface area contributed by atoms with Crippen LogP contribution in [0, 0.1) is 10.1 Å². The van der Waals surface area contributed by atoms with Crippen molar-refractivity contribution < 1.29 is 23.9 Å². The van der Waals surface area contributed by atoms with Crippen molar-refractivity contribution in [2.24, 2.45) is 0 Å². The van der Waals surface area contributed by atoms with Crippen LogP contribution >= 0.6 is 0 Å². The predicted molar refractivity (Wildman–Crippen MR) is 167 cm³/mol. The van der Waals surface area contributed by atoms with E-state index in [9.17, 15) is 10.1 Å². The Hall–Kier alpha value is -5.80. The van der Waals surface area contributed by atoms with E-state index in [2.05, 4.69) is 19.9 Å². The van der Waals surface area contributed by atoms with Gasteiger partial charge in [0.05, 0.1) is 43.3 Å². The minimum atomic E-state index is -0.543. The molecule has 0 bridgehead atoms. The maximum Gasteiger partial charge on any atom is 0.314 e. The Kier molecular flexibility index (Phi) is 10.3. The van der Waals surface area contributed by atoms with Crippen molar-refractivity contribution in [1.29, 1.82) is 0 Å². The zero-order valence-corrected chi connectivity index (χ0v) is 25.2. The molecule has 0 radical (unpaired) electrons. The monoisotopic (exact) mass is 608 g/mol. The summed E-state index contributed by atoms with van der Waals surface area (Å²) in [4.78, 5) is 26.0. The normalized spacial score (nSPS) is 10.6. The first-order valence-electron chi connectivity index (χ1n) is 13.2. The number of nitro groups is 1. The molecule has 234 valence electrons. The summed E-state index contributed by atoms with van der Waals surface area (Å²) in [6.07, 6.45) is 2.75. The van der Waals surface area contributed by atoms with Gasteiger partial charge in [-0.15, -0.1) is 0 Å². The molecule has 2 aromatic heterocycles. The number of ether oxygens (including phenoxy) is 4. The van der Waals surface area contributed by atoms with Crippen LogP contribution in [0.2, 0.25) is 0 Å². The molecular formula is C28H36N10O6. The molecule has 0 saturated heterocycles. The van der Waals surface area contributed by atoms with Crippen molar-refractivity contribution in [2.75, 3.05) is 42.9 Å². The number of methoxy groups -OCH3 is 2. The summed E-state index contributed by atoms with van der Waals surface area (Å²) in [6.45, 7) is 7.94. The summed E-state index contributed by atoms with van der Waals surface area (Å²) in [6, 6.07) is 6.42. The number of nitrogen functional groups attached to an aromatic ring is 5. The van der Waals surface area contributed by atoms with Crippen LogP contribution < -0.4 is 47.6 Å². The highest BCUT2D eigenvalue weighted by atomic mass is 16.6. The molecule has 2 heterocycles. The van der Waals surface area contributed by atoms with Gasteiger partial charge in [0, 0.05) is 17.2 Å². The molecule has 4 rings (SSSR count). The molecule has 0 aliphatic rings. The molecule has 0 amide bonds. The lowest BCUT2D eigenvalue weighted by atomic mass is 10.0. The predicted octanol–water partition coefficient (Wildman–Crippen LogP) is 4.62. The van der Waals surface area contributed by atoms with E-state index in [1.807, 2.05) is 33.8 Å². The van der Waals surface area contributed by atoms with E-state index in [4.69, 9.17) is 47.6 Å². The zero-order chi connectivity index (χ0) is 32.7. The Morgan fingerprint density at radius 2 is 1.09 bits per heavy atom. The number of nitrogens with two attached hydrogens (primary N) is 5. The average Bonchev–Trinajstić information content (AvgIpc) is 2.95. The van der Waals surface area contributed by atoms with Crippen LogP contribution in [0.1, 0.15) is 50.7 Å². The van der Waals surface area contributed by atoms with Crippen LogP contribution in [0.3, 0.4) is 0 Å². The minimum absolute atomic E-state index is 0.0136. The lowest BCUT2D eigenvalue weighted by Gasteiger charge is -2.17. The molecule has 0 aliphatic carbocycles. The Balaban J connectivity index is 0.000000241. The van der Waals surface area contributed by atoms with E-state index in [0.717, 1.165) is 11.1 Å². The fourth-order valence-electron chi connectivity index (χ4n) is 3.91. The first kappa shape index (κ1) is 32.7. The van der Waals surface area contributed by atoms with E-state index < -0.39 is 4.92 Å². The van der Waals surface area contributed by atoms with Crippen molar-refractivity contribution in [3.05, 3.63) is 57.9 Å². The summed E-state index contributed by atoms with van der Waals surface area (Å²) >= 11 is 0. The molecule has 0 saturated carbocycles. The Labute approximate surface area is 253 Å². The van der Waals surface area contributed by atoms with Gasteiger partial charge < -0.3 is 47.6 Å². The van der Waals surface area contributed by atoms with Gasteiger partial charge in [0.1, 0.15) is 17.2 Å². The number of hydrogen-bond acceptors (Lipinski definition) is 15. The number of aromatic nitrogens is 4. The molecule has 10 N–H and O–H groups in total. The highest BCUT2D eigenvalue weighted by Crippen LogP contribution is 2.41. The van der Waals surface area contributed by atoms with E-state index in [0.29, 0.717) is 22.9 Å². The van der Waals surface area contributed by atoms with E-state index in [1.54, 1.807) is 19.2 Å². The minimum Gasteiger partial charge on any atom is -0.495 e. The molecule has 0 spiro atoms. The lowest BCUT2D eigenvalue weighted by Crippen LogP contribution is -2.04. The topological polar surface area (TPSA) is 262 Å². The molecule has 2 aromatic carbocycles. The smallest absolute Gasteiger partial charge is 0.314 e. The van der Waals surface area contributed by atoms with E-state index in [-0.39, 0.29) is 58.3 Å². The van der Waals surface area contributed by atoms with Gasteiger partial charge in [-0.3, -0.25) is 10.1 Å². The van der Waals surface area contributed by atoms with Gasteiger partial charge in [-0.05, 0) is 24.0 Å².